The number of hydrogen-bond acceptors (Lipinski definition) is 6. The molecule has 47 heavy (non-hydrogen) atoms. The molecule has 3 heterocycles. The minimum Gasteiger partial charge on any atom is -0.508 e. The van der Waals surface area contributed by atoms with E-state index in [0.717, 1.165) is 56.0 Å². The molecule has 1 aromatic heterocycles. The molecule has 3 atom stereocenters. The normalized spacial score (nSPS) is 20.4. The Balaban J connectivity index is 1.35. The first-order valence-corrected chi connectivity index (χ1v) is 16.5. The lowest BCUT2D eigenvalue weighted by Gasteiger charge is -2.46. The first kappa shape index (κ1) is 30.9. The fraction of sp³-hybridized carbons (Fsp3) is 0.282. The number of amides is 1. The largest absolute Gasteiger partial charge is 0.508 e. The van der Waals surface area contributed by atoms with Crippen molar-refractivity contribution in [3.63, 3.8) is 0 Å². The van der Waals surface area contributed by atoms with Gasteiger partial charge in [-0.25, -0.2) is 0 Å². The Hall–Kier alpha value is -4.76. The Kier molecular flexibility index (Phi) is 8.64. The van der Waals surface area contributed by atoms with E-state index >= 15 is 0 Å². The molecule has 5 aromatic rings. The van der Waals surface area contributed by atoms with Crippen molar-refractivity contribution in [2.75, 3.05) is 26.3 Å². The molecule has 0 aliphatic carbocycles. The van der Waals surface area contributed by atoms with E-state index in [0.29, 0.717) is 28.6 Å². The van der Waals surface area contributed by atoms with E-state index in [-0.39, 0.29) is 34.7 Å². The van der Waals surface area contributed by atoms with Crippen LogP contribution in [-0.2, 0) is 6.54 Å². The summed E-state index contributed by atoms with van der Waals surface area (Å²) in [6.07, 6.45) is 1.62. The number of fused-ring (bicyclic) bond motifs is 1. The molecule has 4 aromatic carbocycles. The van der Waals surface area contributed by atoms with Gasteiger partial charge in [0, 0.05) is 60.8 Å². The van der Waals surface area contributed by atoms with Crippen LogP contribution in [0.25, 0.3) is 16.5 Å². The molecule has 1 amide bonds. The number of aromatic nitrogens is 1. The number of phenolic OH excluding ortho intramolecular Hbond substituents is 1. The van der Waals surface area contributed by atoms with Crippen molar-refractivity contribution in [3.8, 4) is 11.4 Å². The number of carbonyl (C=O) groups excluding carboxylic acids is 1. The Morgan fingerprint density at radius 2 is 1.62 bits per heavy atom. The lowest BCUT2D eigenvalue weighted by atomic mass is 9.74. The zero-order chi connectivity index (χ0) is 32.4. The number of piperidine rings is 1. The number of hydrogen-bond donors (Lipinski definition) is 4. The van der Waals surface area contributed by atoms with Crippen molar-refractivity contribution >= 4 is 16.7 Å². The molecule has 2 unspecified atom stereocenters. The van der Waals surface area contributed by atoms with Gasteiger partial charge in [0.2, 0.25) is 0 Å². The maximum Gasteiger partial charge on any atom is 0.263 e. The first-order valence-electron chi connectivity index (χ1n) is 16.5. The Morgan fingerprint density at radius 1 is 0.936 bits per heavy atom. The van der Waals surface area contributed by atoms with E-state index in [1.54, 1.807) is 16.7 Å². The first-order chi connectivity index (χ1) is 23.0. The Bertz CT molecular complexity index is 1920. The van der Waals surface area contributed by atoms with E-state index < -0.39 is 0 Å². The topological polar surface area (TPSA) is 98.6 Å². The van der Waals surface area contributed by atoms with Crippen LogP contribution in [0, 0.1) is 0 Å². The SMILES string of the molecule is CCC(NC(=O)c1c(CN2CC[C@@]3(CNCN3)C(c3ccc(O)cc3)C2)n(-c2ccccc2)c(=O)c2ccccc12)c1ccccc1. The number of nitrogens with zero attached hydrogens (tertiary/aromatic N) is 2. The molecule has 2 fully saturated rings. The van der Waals surface area contributed by atoms with Crippen LogP contribution in [0.5, 0.6) is 5.75 Å². The average molecular weight is 628 g/mol. The minimum absolute atomic E-state index is 0.125. The quantitative estimate of drug-likeness (QED) is 0.183. The number of rotatable bonds is 8. The highest BCUT2D eigenvalue weighted by Crippen LogP contribution is 2.38. The fourth-order valence-corrected chi connectivity index (χ4v) is 7.54. The van der Waals surface area contributed by atoms with Crippen LogP contribution >= 0.6 is 0 Å². The van der Waals surface area contributed by atoms with Crippen LogP contribution in [0.15, 0.2) is 114 Å². The monoisotopic (exact) mass is 627 g/mol. The van der Waals surface area contributed by atoms with Crippen molar-refractivity contribution in [1.29, 1.82) is 0 Å². The number of pyridine rings is 1. The standard InChI is InChI=1S/C39H41N5O3/c1-2-34(28-11-5-3-6-12-28)42-37(46)36-31-15-9-10-16-32(31)38(47)44(29-13-7-4-8-14-29)35(36)24-43-22-21-39(25-40-26-41-39)33(23-43)27-17-19-30(45)20-18-27/h3-20,33-34,40-41,45H,2,21-26H2,1H3,(H,42,46)/t33?,34?,39-/m1/s1. The van der Waals surface area contributed by atoms with E-state index in [2.05, 4.69) is 27.8 Å². The van der Waals surface area contributed by atoms with E-state index in [4.69, 9.17) is 0 Å². The number of benzene rings is 4. The number of carbonyl (C=O) groups is 1. The molecule has 1 spiro atoms. The second kappa shape index (κ2) is 13.2. The van der Waals surface area contributed by atoms with Gasteiger partial charge >= 0.3 is 0 Å². The summed E-state index contributed by atoms with van der Waals surface area (Å²) >= 11 is 0. The molecule has 240 valence electrons. The van der Waals surface area contributed by atoms with Crippen molar-refractivity contribution in [1.82, 2.24) is 25.4 Å². The third-order valence-electron chi connectivity index (χ3n) is 10.0. The summed E-state index contributed by atoms with van der Waals surface area (Å²) in [4.78, 5) is 31.3. The summed E-state index contributed by atoms with van der Waals surface area (Å²) in [5, 5.41) is 21.8. The van der Waals surface area contributed by atoms with Crippen LogP contribution in [0.2, 0.25) is 0 Å². The molecule has 0 bridgehead atoms. The highest BCUT2D eigenvalue weighted by molar-refractivity contribution is 6.08. The molecule has 0 radical (unpaired) electrons. The number of likely N-dealkylation sites (tertiary alicyclic amines) is 1. The zero-order valence-corrected chi connectivity index (χ0v) is 26.7. The minimum atomic E-state index is -0.193. The summed E-state index contributed by atoms with van der Waals surface area (Å²) in [6, 6.07) is 34.5. The maximum atomic E-state index is 14.6. The van der Waals surface area contributed by atoms with Gasteiger partial charge in [0.25, 0.3) is 11.5 Å². The summed E-state index contributed by atoms with van der Waals surface area (Å²) < 4.78 is 1.75. The molecule has 2 aliphatic rings. The van der Waals surface area contributed by atoms with Gasteiger partial charge in [0.15, 0.2) is 0 Å². The third kappa shape index (κ3) is 5.96. The van der Waals surface area contributed by atoms with E-state index in [9.17, 15) is 14.7 Å². The van der Waals surface area contributed by atoms with Gasteiger partial charge < -0.3 is 15.7 Å². The van der Waals surface area contributed by atoms with Gasteiger partial charge in [-0.1, -0.05) is 85.8 Å². The number of phenols is 1. The second-order valence-electron chi connectivity index (χ2n) is 12.8. The van der Waals surface area contributed by atoms with Crippen LogP contribution in [0.4, 0.5) is 0 Å². The lowest BCUT2D eigenvalue weighted by molar-refractivity contribution is 0.0929. The van der Waals surface area contributed by atoms with Gasteiger partial charge in [0.1, 0.15) is 5.75 Å². The van der Waals surface area contributed by atoms with Crippen molar-refractivity contribution in [2.24, 2.45) is 0 Å². The predicted octanol–water partition coefficient (Wildman–Crippen LogP) is 5.46. The van der Waals surface area contributed by atoms with Gasteiger partial charge in [-0.15, -0.1) is 0 Å². The fourth-order valence-electron chi connectivity index (χ4n) is 7.54. The molecule has 8 nitrogen and oxygen atoms in total. The highest BCUT2D eigenvalue weighted by atomic mass is 16.3. The third-order valence-corrected chi connectivity index (χ3v) is 10.0. The molecular weight excluding hydrogens is 586 g/mol. The molecule has 4 N–H and O–H groups in total. The number of aromatic hydroxyl groups is 1. The van der Waals surface area contributed by atoms with Crippen molar-refractivity contribution < 1.29 is 9.90 Å². The van der Waals surface area contributed by atoms with Crippen LogP contribution in [-0.4, -0.2) is 52.3 Å². The van der Waals surface area contributed by atoms with Gasteiger partial charge in [-0.2, -0.15) is 0 Å². The molecule has 0 saturated carbocycles. The molecular formula is C39H41N5O3. The van der Waals surface area contributed by atoms with Crippen LogP contribution in [0.1, 0.15) is 58.9 Å². The summed E-state index contributed by atoms with van der Waals surface area (Å²) in [6.45, 7) is 5.60. The smallest absolute Gasteiger partial charge is 0.263 e. The maximum absolute atomic E-state index is 14.6. The lowest BCUT2D eigenvalue weighted by Crippen LogP contribution is -2.57. The molecule has 8 heteroatoms. The average Bonchev–Trinajstić information content (AvgIpc) is 3.58. The molecule has 7 rings (SSSR count). The predicted molar refractivity (Wildman–Crippen MR) is 186 cm³/mol. The van der Waals surface area contributed by atoms with Crippen molar-refractivity contribution in [2.45, 2.75) is 43.8 Å². The van der Waals surface area contributed by atoms with Gasteiger partial charge in [-0.3, -0.25) is 24.4 Å². The summed E-state index contributed by atoms with van der Waals surface area (Å²) in [7, 11) is 0. The van der Waals surface area contributed by atoms with Crippen molar-refractivity contribution in [3.05, 3.63) is 142 Å². The van der Waals surface area contributed by atoms with E-state index in [1.807, 2.05) is 97.1 Å². The summed E-state index contributed by atoms with van der Waals surface area (Å²) in [5.74, 6) is 0.179. The summed E-state index contributed by atoms with van der Waals surface area (Å²) in [5.41, 5.74) is 3.86. The Morgan fingerprint density at radius 3 is 2.30 bits per heavy atom. The molecule has 2 aliphatic heterocycles. The van der Waals surface area contributed by atoms with Crippen LogP contribution < -0.4 is 21.5 Å². The number of nitrogens with one attached hydrogen (secondary N) is 3. The Labute approximate surface area is 275 Å². The zero-order valence-electron chi connectivity index (χ0n) is 26.7. The second-order valence-corrected chi connectivity index (χ2v) is 12.8. The number of para-hydroxylation sites is 1. The highest BCUT2D eigenvalue weighted by Gasteiger charge is 2.45. The van der Waals surface area contributed by atoms with E-state index in [1.165, 1.54) is 0 Å². The van der Waals surface area contributed by atoms with Crippen LogP contribution in [0.3, 0.4) is 0 Å². The molecule has 2 saturated heterocycles. The van der Waals surface area contributed by atoms with Gasteiger partial charge in [0.05, 0.1) is 17.3 Å². The van der Waals surface area contributed by atoms with Gasteiger partial charge in [-0.05, 0) is 54.3 Å².